The highest BCUT2D eigenvalue weighted by atomic mass is 35.5. The molecule has 1 N–H and O–H groups in total. The molecule has 1 aromatic rings. The van der Waals surface area contributed by atoms with Gasteiger partial charge < -0.3 is 5.32 Å². The molecule has 5 nitrogen and oxygen atoms in total. The van der Waals surface area contributed by atoms with Crippen LogP contribution in [0.5, 0.6) is 0 Å². The minimum atomic E-state index is -3.60. The maximum absolute atomic E-state index is 12.7. The Hall–Kier alpha value is -1.11. The Kier molecular flexibility index (Phi) is 6.28. The Bertz CT molecular complexity index is 674. The van der Waals surface area contributed by atoms with Gasteiger partial charge in [-0.25, -0.2) is 8.42 Å². The Labute approximate surface area is 149 Å². The molecule has 134 valence electrons. The highest BCUT2D eigenvalue weighted by Crippen LogP contribution is 2.25. The highest BCUT2D eigenvalue weighted by molar-refractivity contribution is 7.89. The summed E-state index contributed by atoms with van der Waals surface area (Å²) in [6.07, 6.45) is 1.39. The fraction of sp³-hybridized carbons (Fsp3) is 0.588. The number of halogens is 1. The molecule has 0 aliphatic carbocycles. The second kappa shape index (κ2) is 7.85. The number of nitrogens with one attached hydrogen (secondary N) is 1. The number of amides is 1. The van der Waals surface area contributed by atoms with E-state index in [0.29, 0.717) is 30.3 Å². The molecule has 7 heteroatoms. The monoisotopic (exact) mass is 372 g/mol. The Morgan fingerprint density at radius 1 is 1.25 bits per heavy atom. The lowest BCUT2D eigenvalue weighted by atomic mass is 9.97. The van der Waals surface area contributed by atoms with Crippen LogP contribution in [-0.4, -0.2) is 37.8 Å². The summed E-state index contributed by atoms with van der Waals surface area (Å²) in [7, 11) is -3.60. The van der Waals surface area contributed by atoms with Crippen molar-refractivity contribution >= 4 is 27.5 Å². The van der Waals surface area contributed by atoms with Gasteiger partial charge in [-0.3, -0.25) is 4.79 Å². The van der Waals surface area contributed by atoms with E-state index in [9.17, 15) is 13.2 Å². The lowest BCUT2D eigenvalue weighted by Gasteiger charge is -2.32. The summed E-state index contributed by atoms with van der Waals surface area (Å²) in [5.74, 6) is -0.0272. The van der Waals surface area contributed by atoms with Crippen molar-refractivity contribution in [3.63, 3.8) is 0 Å². The normalized spacial score (nSPS) is 20.8. The SMILES string of the molecule is CC(C)[C@@H](C)NC(=O)[C@H]1CCCN(S(=O)(=O)c2ccc(Cl)cc2)C1. The highest BCUT2D eigenvalue weighted by Gasteiger charge is 2.33. The smallest absolute Gasteiger partial charge is 0.243 e. The van der Waals surface area contributed by atoms with Crippen molar-refractivity contribution in [2.75, 3.05) is 13.1 Å². The van der Waals surface area contributed by atoms with Gasteiger partial charge in [0.2, 0.25) is 15.9 Å². The minimum Gasteiger partial charge on any atom is -0.353 e. The van der Waals surface area contributed by atoms with E-state index in [1.54, 1.807) is 12.1 Å². The lowest BCUT2D eigenvalue weighted by molar-refractivity contribution is -0.127. The first-order chi connectivity index (χ1) is 11.2. The van der Waals surface area contributed by atoms with Crippen LogP contribution in [-0.2, 0) is 14.8 Å². The third kappa shape index (κ3) is 4.49. The van der Waals surface area contributed by atoms with Crippen LogP contribution < -0.4 is 5.32 Å². The van der Waals surface area contributed by atoms with Gasteiger partial charge in [-0.05, 0) is 49.9 Å². The largest absolute Gasteiger partial charge is 0.353 e. The van der Waals surface area contributed by atoms with Crippen LogP contribution in [0.25, 0.3) is 0 Å². The molecule has 0 saturated carbocycles. The van der Waals surface area contributed by atoms with E-state index in [-0.39, 0.29) is 29.3 Å². The maximum atomic E-state index is 12.7. The molecule has 0 radical (unpaired) electrons. The van der Waals surface area contributed by atoms with E-state index in [2.05, 4.69) is 5.32 Å². The van der Waals surface area contributed by atoms with Gasteiger partial charge in [-0.15, -0.1) is 0 Å². The number of rotatable bonds is 5. The number of piperidine rings is 1. The van der Waals surface area contributed by atoms with Crippen molar-refractivity contribution in [2.45, 2.75) is 44.6 Å². The van der Waals surface area contributed by atoms with Gasteiger partial charge in [0.1, 0.15) is 0 Å². The zero-order valence-electron chi connectivity index (χ0n) is 14.3. The van der Waals surface area contributed by atoms with E-state index in [1.165, 1.54) is 16.4 Å². The first-order valence-corrected chi connectivity index (χ1v) is 10.1. The molecule has 1 aliphatic heterocycles. The van der Waals surface area contributed by atoms with Gasteiger partial charge >= 0.3 is 0 Å². The molecule has 24 heavy (non-hydrogen) atoms. The lowest BCUT2D eigenvalue weighted by Crippen LogP contribution is -2.47. The number of hydrogen-bond donors (Lipinski definition) is 1. The number of hydrogen-bond acceptors (Lipinski definition) is 3. The quantitative estimate of drug-likeness (QED) is 0.864. The molecule has 1 fully saturated rings. The Morgan fingerprint density at radius 2 is 1.88 bits per heavy atom. The number of carbonyl (C=O) groups is 1. The predicted octanol–water partition coefficient (Wildman–Crippen LogP) is 2.90. The van der Waals surface area contributed by atoms with Crippen LogP contribution in [0.2, 0.25) is 5.02 Å². The summed E-state index contributed by atoms with van der Waals surface area (Å²) in [6.45, 7) is 6.72. The number of benzene rings is 1. The van der Waals surface area contributed by atoms with Crippen LogP contribution in [0.1, 0.15) is 33.6 Å². The Morgan fingerprint density at radius 3 is 2.46 bits per heavy atom. The molecular formula is C17H25ClN2O3S. The third-order valence-corrected chi connectivity index (χ3v) is 6.71. The van der Waals surface area contributed by atoms with E-state index in [0.717, 1.165) is 0 Å². The van der Waals surface area contributed by atoms with E-state index in [1.807, 2.05) is 20.8 Å². The van der Waals surface area contributed by atoms with Crippen LogP contribution in [0, 0.1) is 11.8 Å². The average Bonchev–Trinajstić information content (AvgIpc) is 2.55. The molecule has 2 rings (SSSR count). The minimum absolute atomic E-state index is 0.0628. The van der Waals surface area contributed by atoms with E-state index < -0.39 is 10.0 Å². The Balaban J connectivity index is 2.09. The third-order valence-electron chi connectivity index (χ3n) is 4.58. The fourth-order valence-corrected chi connectivity index (χ4v) is 4.29. The number of carbonyl (C=O) groups excluding carboxylic acids is 1. The van der Waals surface area contributed by atoms with Crippen molar-refractivity contribution in [2.24, 2.45) is 11.8 Å². The van der Waals surface area contributed by atoms with Gasteiger partial charge in [0.25, 0.3) is 0 Å². The topological polar surface area (TPSA) is 66.5 Å². The zero-order valence-corrected chi connectivity index (χ0v) is 15.9. The van der Waals surface area contributed by atoms with Gasteiger partial charge in [0.15, 0.2) is 0 Å². The summed E-state index contributed by atoms with van der Waals surface area (Å²) in [5, 5.41) is 3.48. The van der Waals surface area contributed by atoms with E-state index >= 15 is 0 Å². The van der Waals surface area contributed by atoms with Crippen molar-refractivity contribution in [1.29, 1.82) is 0 Å². The molecule has 1 amide bonds. The first-order valence-electron chi connectivity index (χ1n) is 8.28. The van der Waals surface area contributed by atoms with Crippen molar-refractivity contribution < 1.29 is 13.2 Å². The van der Waals surface area contributed by atoms with E-state index in [4.69, 9.17) is 11.6 Å². The van der Waals surface area contributed by atoms with Gasteiger partial charge in [-0.2, -0.15) is 4.31 Å². The van der Waals surface area contributed by atoms with Crippen LogP contribution >= 0.6 is 11.6 Å². The van der Waals surface area contributed by atoms with Crippen LogP contribution in [0.4, 0.5) is 0 Å². The number of sulfonamides is 1. The van der Waals surface area contributed by atoms with Gasteiger partial charge in [0.05, 0.1) is 10.8 Å². The molecule has 1 heterocycles. The first kappa shape index (κ1) is 19.2. The molecular weight excluding hydrogens is 348 g/mol. The van der Waals surface area contributed by atoms with Gasteiger partial charge in [-0.1, -0.05) is 25.4 Å². The maximum Gasteiger partial charge on any atom is 0.243 e. The zero-order chi connectivity index (χ0) is 17.9. The second-order valence-electron chi connectivity index (χ2n) is 6.70. The summed E-state index contributed by atoms with van der Waals surface area (Å²) >= 11 is 5.82. The molecule has 0 aromatic heterocycles. The molecule has 1 saturated heterocycles. The average molecular weight is 373 g/mol. The fourth-order valence-electron chi connectivity index (χ4n) is 2.64. The summed E-state index contributed by atoms with van der Waals surface area (Å²) < 4.78 is 26.9. The summed E-state index contributed by atoms with van der Waals surface area (Å²) in [5.41, 5.74) is 0. The van der Waals surface area contributed by atoms with Crippen molar-refractivity contribution in [3.05, 3.63) is 29.3 Å². The van der Waals surface area contributed by atoms with Crippen molar-refractivity contribution in [1.82, 2.24) is 9.62 Å². The van der Waals surface area contributed by atoms with Crippen LogP contribution in [0.15, 0.2) is 29.2 Å². The van der Waals surface area contributed by atoms with Crippen molar-refractivity contribution in [3.8, 4) is 0 Å². The summed E-state index contributed by atoms with van der Waals surface area (Å²) in [4.78, 5) is 12.6. The molecule has 1 aliphatic rings. The number of nitrogens with zero attached hydrogens (tertiary/aromatic N) is 1. The second-order valence-corrected chi connectivity index (χ2v) is 9.07. The molecule has 1 aromatic carbocycles. The molecule has 0 unspecified atom stereocenters. The van der Waals surface area contributed by atoms with Crippen LogP contribution in [0.3, 0.4) is 0 Å². The predicted molar refractivity (Wildman–Crippen MR) is 95.4 cm³/mol. The molecule has 2 atom stereocenters. The summed E-state index contributed by atoms with van der Waals surface area (Å²) in [6, 6.07) is 6.20. The molecule has 0 bridgehead atoms. The molecule has 0 spiro atoms. The van der Waals surface area contributed by atoms with Gasteiger partial charge in [0, 0.05) is 24.2 Å². The standard InChI is InChI=1S/C17H25ClN2O3S/c1-12(2)13(3)19-17(21)14-5-4-10-20(11-14)24(22,23)16-8-6-15(18)7-9-16/h6-9,12-14H,4-5,10-11H2,1-3H3,(H,19,21)/t13-,14+/m1/s1.